The number of piperidine rings is 1. The number of carbonyl (C=O) groups excluding carboxylic acids is 1. The summed E-state index contributed by atoms with van der Waals surface area (Å²) in [6.45, 7) is 6.41. The van der Waals surface area contributed by atoms with E-state index in [9.17, 15) is 9.90 Å². The minimum absolute atomic E-state index is 0.0916. The Morgan fingerprint density at radius 3 is 2.83 bits per heavy atom. The van der Waals surface area contributed by atoms with E-state index >= 15 is 0 Å². The van der Waals surface area contributed by atoms with Gasteiger partial charge >= 0.3 is 0 Å². The van der Waals surface area contributed by atoms with Crippen LogP contribution in [0.5, 0.6) is 0 Å². The fourth-order valence-corrected chi connectivity index (χ4v) is 3.27. The van der Waals surface area contributed by atoms with Crippen molar-refractivity contribution < 1.29 is 14.6 Å². The molecule has 0 bridgehead atoms. The number of methoxy groups -OCH3 is 1. The lowest BCUT2D eigenvalue weighted by Crippen LogP contribution is -2.61. The Morgan fingerprint density at radius 1 is 1.50 bits per heavy atom. The largest absolute Gasteiger partial charge is 0.387 e. The molecule has 24 heavy (non-hydrogen) atoms. The number of amides is 1. The molecule has 1 aromatic rings. The molecule has 0 aromatic carbocycles. The number of hydrogen-bond acceptors (Lipinski definition) is 5. The van der Waals surface area contributed by atoms with E-state index < -0.39 is 11.0 Å². The molecule has 1 aromatic heterocycles. The molecule has 1 aliphatic rings. The van der Waals surface area contributed by atoms with Crippen LogP contribution in [0.1, 0.15) is 25.8 Å². The first-order chi connectivity index (χ1) is 11.3. The van der Waals surface area contributed by atoms with Crippen LogP contribution in [-0.4, -0.2) is 71.8 Å². The van der Waals surface area contributed by atoms with Gasteiger partial charge in [0, 0.05) is 44.6 Å². The summed E-state index contributed by atoms with van der Waals surface area (Å²) in [4.78, 5) is 20.5. The van der Waals surface area contributed by atoms with Gasteiger partial charge in [-0.05, 0) is 25.1 Å². The molecule has 2 rings (SSSR count). The molecule has 1 amide bonds. The average Bonchev–Trinajstić information content (AvgIpc) is 2.51. The van der Waals surface area contributed by atoms with Gasteiger partial charge in [-0.3, -0.25) is 14.7 Å². The third-order valence-corrected chi connectivity index (χ3v) is 4.96. The van der Waals surface area contributed by atoms with Crippen LogP contribution in [0.4, 0.5) is 0 Å². The molecule has 0 aliphatic carbocycles. The number of hydrogen-bond donors (Lipinski definition) is 1. The summed E-state index contributed by atoms with van der Waals surface area (Å²) < 4.78 is 5.18. The van der Waals surface area contributed by atoms with Crippen LogP contribution in [0.15, 0.2) is 24.5 Å². The first-order valence-electron chi connectivity index (χ1n) is 8.34. The van der Waals surface area contributed by atoms with Gasteiger partial charge in [-0.1, -0.05) is 19.9 Å². The molecule has 0 radical (unpaired) electrons. The minimum Gasteiger partial charge on any atom is -0.387 e. The Kier molecular flexibility index (Phi) is 5.96. The number of pyridine rings is 1. The number of aliphatic hydroxyl groups is 1. The molecule has 1 N–H and O–H groups in total. The molecule has 134 valence electrons. The molecule has 1 aliphatic heterocycles. The first kappa shape index (κ1) is 18.8. The molecule has 0 saturated carbocycles. The molecule has 0 spiro atoms. The smallest absolute Gasteiger partial charge is 0.236 e. The van der Waals surface area contributed by atoms with Crippen molar-refractivity contribution in [2.24, 2.45) is 5.41 Å². The van der Waals surface area contributed by atoms with E-state index in [-0.39, 0.29) is 5.91 Å². The van der Waals surface area contributed by atoms with Gasteiger partial charge in [0.05, 0.1) is 18.8 Å². The number of likely N-dealkylation sites (tertiary alicyclic amines) is 1. The maximum Gasteiger partial charge on any atom is 0.236 e. The molecule has 1 saturated heterocycles. The number of carbonyl (C=O) groups is 1. The van der Waals surface area contributed by atoms with Crippen molar-refractivity contribution >= 4 is 5.91 Å². The van der Waals surface area contributed by atoms with E-state index in [0.717, 1.165) is 5.56 Å². The highest BCUT2D eigenvalue weighted by Crippen LogP contribution is 2.38. The Morgan fingerprint density at radius 2 is 2.25 bits per heavy atom. The summed E-state index contributed by atoms with van der Waals surface area (Å²) in [5.74, 6) is 0.0916. The number of aromatic nitrogens is 1. The van der Waals surface area contributed by atoms with Crippen molar-refractivity contribution in [2.45, 2.75) is 32.4 Å². The number of likely N-dealkylation sites (N-methyl/N-ethyl adjacent to an activating group) is 1. The van der Waals surface area contributed by atoms with Crippen molar-refractivity contribution in [3.8, 4) is 0 Å². The quantitative estimate of drug-likeness (QED) is 0.845. The van der Waals surface area contributed by atoms with E-state index in [4.69, 9.17) is 4.74 Å². The highest BCUT2D eigenvalue weighted by atomic mass is 16.5. The fraction of sp³-hybridized carbons (Fsp3) is 0.667. The second kappa shape index (κ2) is 7.59. The van der Waals surface area contributed by atoms with E-state index in [2.05, 4.69) is 4.98 Å². The molecule has 1 fully saturated rings. The van der Waals surface area contributed by atoms with Crippen molar-refractivity contribution in [1.82, 2.24) is 14.8 Å². The van der Waals surface area contributed by atoms with Crippen LogP contribution < -0.4 is 0 Å². The summed E-state index contributed by atoms with van der Waals surface area (Å²) in [6.07, 6.45) is 4.09. The Balaban J connectivity index is 1.91. The summed E-state index contributed by atoms with van der Waals surface area (Å²) in [5.41, 5.74) is -0.208. The first-order valence-corrected chi connectivity index (χ1v) is 8.34. The predicted octanol–water partition coefficient (Wildman–Crippen LogP) is 1.15. The van der Waals surface area contributed by atoms with Crippen LogP contribution >= 0.6 is 0 Å². The van der Waals surface area contributed by atoms with Gasteiger partial charge in [0.15, 0.2) is 0 Å². The lowest BCUT2D eigenvalue weighted by Gasteiger charge is -2.50. The Bertz CT molecular complexity index is 550. The zero-order valence-corrected chi connectivity index (χ0v) is 15.2. The van der Waals surface area contributed by atoms with Gasteiger partial charge in [-0.25, -0.2) is 0 Å². The number of rotatable bonds is 6. The van der Waals surface area contributed by atoms with Crippen LogP contribution in [0, 0.1) is 5.41 Å². The topological polar surface area (TPSA) is 65.9 Å². The van der Waals surface area contributed by atoms with E-state index in [1.54, 1.807) is 13.3 Å². The summed E-state index contributed by atoms with van der Waals surface area (Å²) >= 11 is 0. The summed E-state index contributed by atoms with van der Waals surface area (Å²) in [7, 11) is 3.53. The zero-order chi connectivity index (χ0) is 17.8. The second-order valence-electron chi connectivity index (χ2n) is 7.45. The molecular formula is C18H29N3O3. The number of nitrogens with zero attached hydrogens (tertiary/aromatic N) is 3. The second-order valence-corrected chi connectivity index (χ2v) is 7.45. The third-order valence-electron chi connectivity index (χ3n) is 4.96. The Labute approximate surface area is 144 Å². The molecule has 1 atom stereocenters. The highest BCUT2D eigenvalue weighted by Gasteiger charge is 2.48. The van der Waals surface area contributed by atoms with Gasteiger partial charge in [-0.2, -0.15) is 0 Å². The SMILES string of the molecule is COC[C@]1(O)CCN(C(=O)CN(C)Cc2cccnc2)CC1(C)C. The zero-order valence-electron chi connectivity index (χ0n) is 15.2. The van der Waals surface area contributed by atoms with Gasteiger partial charge in [0.2, 0.25) is 5.91 Å². The van der Waals surface area contributed by atoms with Gasteiger partial charge in [0.25, 0.3) is 0 Å². The normalized spacial score (nSPS) is 23.5. The summed E-state index contributed by atoms with van der Waals surface area (Å²) in [6, 6.07) is 3.90. The van der Waals surface area contributed by atoms with Gasteiger partial charge in [0.1, 0.15) is 0 Å². The monoisotopic (exact) mass is 335 g/mol. The average molecular weight is 335 g/mol. The summed E-state index contributed by atoms with van der Waals surface area (Å²) in [5, 5.41) is 10.8. The number of ether oxygens (including phenoxy) is 1. The standard InChI is InChI=1S/C18H29N3O3/c1-17(2)13-21(9-7-18(17,23)14-24-4)16(22)12-20(3)11-15-6-5-8-19-10-15/h5-6,8,10,23H,7,9,11-14H2,1-4H3/t18-/m1/s1. The third kappa shape index (κ3) is 4.32. The lowest BCUT2D eigenvalue weighted by atomic mass is 9.70. The van der Waals surface area contributed by atoms with E-state index in [0.29, 0.717) is 39.2 Å². The highest BCUT2D eigenvalue weighted by molar-refractivity contribution is 5.78. The predicted molar refractivity (Wildman–Crippen MR) is 92.4 cm³/mol. The van der Waals surface area contributed by atoms with Crippen molar-refractivity contribution in [1.29, 1.82) is 0 Å². The van der Waals surface area contributed by atoms with Gasteiger partial charge < -0.3 is 14.7 Å². The van der Waals surface area contributed by atoms with E-state index in [1.165, 1.54) is 0 Å². The van der Waals surface area contributed by atoms with E-state index in [1.807, 2.05) is 49.0 Å². The molecule has 6 heteroatoms. The molecular weight excluding hydrogens is 306 g/mol. The van der Waals surface area contributed by atoms with Crippen LogP contribution in [0.3, 0.4) is 0 Å². The maximum atomic E-state index is 12.6. The van der Waals surface area contributed by atoms with Crippen molar-refractivity contribution in [3.63, 3.8) is 0 Å². The van der Waals surface area contributed by atoms with Crippen LogP contribution in [0.25, 0.3) is 0 Å². The fourth-order valence-electron chi connectivity index (χ4n) is 3.27. The minimum atomic E-state index is -0.889. The van der Waals surface area contributed by atoms with Crippen molar-refractivity contribution in [3.05, 3.63) is 30.1 Å². The van der Waals surface area contributed by atoms with Crippen LogP contribution in [-0.2, 0) is 16.1 Å². The molecule has 0 unspecified atom stereocenters. The van der Waals surface area contributed by atoms with Gasteiger partial charge in [-0.15, -0.1) is 0 Å². The Hall–Kier alpha value is -1.50. The lowest BCUT2D eigenvalue weighted by molar-refractivity contribution is -0.164. The molecule has 6 nitrogen and oxygen atoms in total. The molecule has 2 heterocycles. The van der Waals surface area contributed by atoms with Crippen LogP contribution in [0.2, 0.25) is 0 Å². The maximum absolute atomic E-state index is 12.6. The van der Waals surface area contributed by atoms with Crippen molar-refractivity contribution in [2.75, 3.05) is 40.4 Å².